The van der Waals surface area contributed by atoms with Crippen LogP contribution in [-0.2, 0) is 5.88 Å². The van der Waals surface area contributed by atoms with Crippen molar-refractivity contribution in [3.05, 3.63) is 46.8 Å². The highest BCUT2D eigenvalue weighted by Crippen LogP contribution is 2.28. The number of benzene rings is 1. The Hall–Kier alpha value is -1.39. The van der Waals surface area contributed by atoms with Gasteiger partial charge in [-0.3, -0.25) is 0 Å². The molecule has 0 unspecified atom stereocenters. The van der Waals surface area contributed by atoms with Crippen LogP contribution in [0.5, 0.6) is 11.5 Å². The minimum Gasteiger partial charge on any atom is -0.454 e. The molecule has 0 bridgehead atoms. The Morgan fingerprint density at radius 3 is 2.70 bits per heavy atom. The van der Waals surface area contributed by atoms with E-state index in [4.69, 9.17) is 27.9 Å². The van der Waals surface area contributed by atoms with Gasteiger partial charge in [-0.15, -0.1) is 11.6 Å². The third-order valence-corrected chi connectivity index (χ3v) is 3.17. The fraction of sp³-hybridized carbons (Fsp3) is 0.286. The van der Waals surface area contributed by atoms with E-state index in [-0.39, 0.29) is 16.8 Å². The van der Waals surface area contributed by atoms with Crippen LogP contribution in [0.3, 0.4) is 0 Å². The van der Waals surface area contributed by atoms with Crippen molar-refractivity contribution in [1.29, 1.82) is 0 Å². The molecular formula is C14H13Cl2FN2O. The Morgan fingerprint density at radius 1 is 1.35 bits per heavy atom. The fourth-order valence-electron chi connectivity index (χ4n) is 1.55. The second-order valence-electron chi connectivity index (χ2n) is 4.51. The van der Waals surface area contributed by atoms with Gasteiger partial charge in [0.05, 0.1) is 17.1 Å². The van der Waals surface area contributed by atoms with E-state index in [1.54, 1.807) is 12.3 Å². The van der Waals surface area contributed by atoms with E-state index in [0.29, 0.717) is 23.0 Å². The van der Waals surface area contributed by atoms with Crippen LogP contribution in [0.25, 0.3) is 0 Å². The summed E-state index contributed by atoms with van der Waals surface area (Å²) in [5.41, 5.74) is 0.570. The summed E-state index contributed by atoms with van der Waals surface area (Å²) in [7, 11) is 0. The van der Waals surface area contributed by atoms with Crippen molar-refractivity contribution in [2.45, 2.75) is 25.6 Å². The quantitative estimate of drug-likeness (QED) is 0.751. The van der Waals surface area contributed by atoms with Crippen LogP contribution in [0.4, 0.5) is 4.39 Å². The standard InChI is InChI=1S/C14H13Cl2FN2O/c1-8(2)14-18-7-13(12(6-15)19-14)20-9-3-4-10(16)11(17)5-9/h3-5,7-8H,6H2,1-2H3. The fourth-order valence-corrected chi connectivity index (χ4v) is 1.86. The van der Waals surface area contributed by atoms with E-state index in [0.717, 1.165) is 0 Å². The molecule has 0 spiro atoms. The first-order chi connectivity index (χ1) is 9.51. The maximum absolute atomic E-state index is 13.4. The lowest BCUT2D eigenvalue weighted by Gasteiger charge is -2.11. The van der Waals surface area contributed by atoms with Crippen LogP contribution >= 0.6 is 23.2 Å². The van der Waals surface area contributed by atoms with E-state index in [9.17, 15) is 4.39 Å². The molecule has 3 nitrogen and oxygen atoms in total. The van der Waals surface area contributed by atoms with Crippen molar-refractivity contribution < 1.29 is 9.13 Å². The van der Waals surface area contributed by atoms with Gasteiger partial charge in [0.2, 0.25) is 0 Å². The largest absolute Gasteiger partial charge is 0.454 e. The summed E-state index contributed by atoms with van der Waals surface area (Å²) in [5, 5.41) is 0.0429. The first-order valence-electron chi connectivity index (χ1n) is 6.06. The molecule has 0 saturated carbocycles. The summed E-state index contributed by atoms with van der Waals surface area (Å²) in [5.74, 6) is 1.25. The Morgan fingerprint density at radius 2 is 2.10 bits per heavy atom. The minimum absolute atomic E-state index is 0.0429. The molecule has 0 aliphatic rings. The lowest BCUT2D eigenvalue weighted by molar-refractivity contribution is 0.465. The molecule has 0 fully saturated rings. The van der Waals surface area contributed by atoms with Crippen LogP contribution in [-0.4, -0.2) is 9.97 Å². The normalized spacial score (nSPS) is 10.9. The summed E-state index contributed by atoms with van der Waals surface area (Å²) in [4.78, 5) is 8.55. The molecule has 0 radical (unpaired) electrons. The van der Waals surface area contributed by atoms with Gasteiger partial charge in [-0.25, -0.2) is 14.4 Å². The lowest BCUT2D eigenvalue weighted by Crippen LogP contribution is -2.02. The predicted octanol–water partition coefficient (Wildman–Crippen LogP) is 4.92. The molecule has 106 valence electrons. The van der Waals surface area contributed by atoms with Gasteiger partial charge in [-0.05, 0) is 12.1 Å². The average molecular weight is 315 g/mol. The molecule has 0 aliphatic heterocycles. The first-order valence-corrected chi connectivity index (χ1v) is 6.97. The lowest BCUT2D eigenvalue weighted by atomic mass is 10.2. The number of alkyl halides is 1. The molecule has 2 aromatic rings. The summed E-state index contributed by atoms with van der Waals surface area (Å²) in [6.45, 7) is 3.98. The summed E-state index contributed by atoms with van der Waals surface area (Å²) in [6, 6.07) is 4.20. The second-order valence-corrected chi connectivity index (χ2v) is 5.18. The average Bonchev–Trinajstić information content (AvgIpc) is 2.43. The molecule has 0 aliphatic carbocycles. The number of ether oxygens (including phenoxy) is 1. The van der Waals surface area contributed by atoms with E-state index < -0.39 is 5.82 Å². The number of nitrogens with zero attached hydrogens (tertiary/aromatic N) is 2. The molecule has 0 N–H and O–H groups in total. The van der Waals surface area contributed by atoms with Gasteiger partial charge < -0.3 is 4.74 Å². The highest BCUT2D eigenvalue weighted by Gasteiger charge is 2.11. The van der Waals surface area contributed by atoms with E-state index in [1.807, 2.05) is 13.8 Å². The van der Waals surface area contributed by atoms with Crippen molar-refractivity contribution in [1.82, 2.24) is 9.97 Å². The highest BCUT2D eigenvalue weighted by molar-refractivity contribution is 6.30. The Bertz CT molecular complexity index is 620. The summed E-state index contributed by atoms with van der Waals surface area (Å²) >= 11 is 11.5. The van der Waals surface area contributed by atoms with Crippen LogP contribution < -0.4 is 4.74 Å². The van der Waals surface area contributed by atoms with Crippen molar-refractivity contribution >= 4 is 23.2 Å². The van der Waals surface area contributed by atoms with Crippen LogP contribution in [0.2, 0.25) is 5.02 Å². The van der Waals surface area contributed by atoms with Gasteiger partial charge in [0.25, 0.3) is 0 Å². The number of rotatable bonds is 4. The molecule has 1 aromatic heterocycles. The van der Waals surface area contributed by atoms with Gasteiger partial charge >= 0.3 is 0 Å². The zero-order valence-electron chi connectivity index (χ0n) is 11.0. The van der Waals surface area contributed by atoms with Crippen molar-refractivity contribution in [3.63, 3.8) is 0 Å². The summed E-state index contributed by atoms with van der Waals surface area (Å²) < 4.78 is 18.9. The number of hydrogen-bond acceptors (Lipinski definition) is 3. The Kier molecular flexibility index (Phi) is 4.78. The molecule has 20 heavy (non-hydrogen) atoms. The number of aromatic nitrogens is 2. The molecule has 6 heteroatoms. The topological polar surface area (TPSA) is 35.0 Å². The van der Waals surface area contributed by atoms with Crippen molar-refractivity contribution in [2.24, 2.45) is 0 Å². The van der Waals surface area contributed by atoms with E-state index in [1.165, 1.54) is 12.1 Å². The molecule has 2 rings (SSSR count). The molecule has 1 aromatic carbocycles. The molecule has 0 amide bonds. The smallest absolute Gasteiger partial charge is 0.168 e. The monoisotopic (exact) mass is 314 g/mol. The molecule has 1 heterocycles. The minimum atomic E-state index is -0.545. The van der Waals surface area contributed by atoms with Gasteiger partial charge in [-0.2, -0.15) is 0 Å². The highest BCUT2D eigenvalue weighted by atomic mass is 35.5. The first kappa shape index (κ1) is 15.0. The third kappa shape index (κ3) is 3.38. The van der Waals surface area contributed by atoms with Gasteiger partial charge in [0.15, 0.2) is 5.75 Å². The zero-order valence-corrected chi connectivity index (χ0v) is 12.5. The van der Waals surface area contributed by atoms with E-state index >= 15 is 0 Å². The van der Waals surface area contributed by atoms with Crippen molar-refractivity contribution in [3.8, 4) is 11.5 Å². The van der Waals surface area contributed by atoms with Crippen molar-refractivity contribution in [2.75, 3.05) is 0 Å². The van der Waals surface area contributed by atoms with Gasteiger partial charge in [0.1, 0.15) is 23.1 Å². The molecule has 0 atom stereocenters. The maximum Gasteiger partial charge on any atom is 0.168 e. The van der Waals surface area contributed by atoms with Gasteiger partial charge in [0, 0.05) is 12.0 Å². The van der Waals surface area contributed by atoms with E-state index in [2.05, 4.69) is 9.97 Å². The van der Waals surface area contributed by atoms with Crippen LogP contribution in [0, 0.1) is 5.82 Å². The number of halogens is 3. The summed E-state index contributed by atoms with van der Waals surface area (Å²) in [6.07, 6.45) is 1.55. The predicted molar refractivity (Wildman–Crippen MR) is 77.2 cm³/mol. The zero-order chi connectivity index (χ0) is 14.7. The third-order valence-electron chi connectivity index (χ3n) is 2.61. The van der Waals surface area contributed by atoms with Gasteiger partial charge in [-0.1, -0.05) is 25.4 Å². The Labute approximate surface area is 126 Å². The maximum atomic E-state index is 13.4. The SMILES string of the molecule is CC(C)c1ncc(Oc2ccc(Cl)c(F)c2)c(CCl)n1. The van der Waals surface area contributed by atoms with Crippen LogP contribution in [0.15, 0.2) is 24.4 Å². The van der Waals surface area contributed by atoms with Crippen LogP contribution in [0.1, 0.15) is 31.3 Å². The Balaban J connectivity index is 2.30. The second kappa shape index (κ2) is 6.37. The molecular weight excluding hydrogens is 302 g/mol. The molecule has 0 saturated heterocycles. The number of hydrogen-bond donors (Lipinski definition) is 0.